The largest absolute Gasteiger partial charge is 0.508 e. The summed E-state index contributed by atoms with van der Waals surface area (Å²) in [5.74, 6) is 7.05. The molecule has 7 aromatic rings. The minimum atomic E-state index is -0.803. The zero-order valence-electron chi connectivity index (χ0n) is 49.7. The van der Waals surface area contributed by atoms with Gasteiger partial charge in [0.25, 0.3) is 0 Å². The molecule has 0 saturated heterocycles. The summed E-state index contributed by atoms with van der Waals surface area (Å²) < 4.78 is 20.8. The van der Waals surface area contributed by atoms with Crippen molar-refractivity contribution in [2.75, 3.05) is 25.1 Å². The van der Waals surface area contributed by atoms with Crippen molar-refractivity contribution in [2.45, 2.75) is 114 Å². The second-order valence-corrected chi connectivity index (χ2v) is 24.4. The van der Waals surface area contributed by atoms with Crippen LogP contribution >= 0.6 is 0 Å². The molecule has 6 aliphatic rings. The molecule has 14 heteroatoms. The molecule has 1 spiro atoms. The van der Waals surface area contributed by atoms with Gasteiger partial charge in [-0.25, -0.2) is 0 Å². The fourth-order valence-electron chi connectivity index (χ4n) is 15.1. The zero-order chi connectivity index (χ0) is 60.8. The van der Waals surface area contributed by atoms with Crippen LogP contribution in [0.4, 0.5) is 5.69 Å². The lowest BCUT2D eigenvalue weighted by Gasteiger charge is -2.50. The number of Topliss-reactive ketones (excluding diaryl/α,β-unsaturated/α-hetero) is 2. The van der Waals surface area contributed by atoms with Gasteiger partial charge in [-0.1, -0.05) is 102 Å². The minimum absolute atomic E-state index is 0.00170. The molecular formula is C74H72N4O10. The number of allylic oxidation sites excluding steroid dienone is 8. The van der Waals surface area contributed by atoms with Crippen molar-refractivity contribution in [3.8, 4) is 46.3 Å². The van der Waals surface area contributed by atoms with E-state index in [1.54, 1.807) is 37.3 Å². The van der Waals surface area contributed by atoms with Crippen molar-refractivity contribution in [1.82, 2.24) is 14.9 Å². The third-order valence-electron chi connectivity index (χ3n) is 19.0. The lowest BCUT2D eigenvalue weighted by Crippen LogP contribution is -2.41. The van der Waals surface area contributed by atoms with Gasteiger partial charge in [0.1, 0.15) is 40.7 Å². The first-order chi connectivity index (χ1) is 42.7. The van der Waals surface area contributed by atoms with E-state index in [2.05, 4.69) is 92.6 Å². The number of H-pyrrole nitrogens is 1. The van der Waals surface area contributed by atoms with Crippen molar-refractivity contribution in [2.24, 2.45) is 11.3 Å². The second kappa shape index (κ2) is 24.0. The van der Waals surface area contributed by atoms with Crippen LogP contribution in [0.3, 0.4) is 0 Å². The Bertz CT molecular complexity index is 4130. The number of nitrogens with zero attached hydrogens (tertiary/aromatic N) is 2. The van der Waals surface area contributed by atoms with E-state index in [1.807, 2.05) is 60.8 Å². The van der Waals surface area contributed by atoms with E-state index in [1.165, 1.54) is 25.7 Å². The van der Waals surface area contributed by atoms with E-state index >= 15 is 4.79 Å². The Morgan fingerprint density at radius 2 is 1.72 bits per heavy atom. The van der Waals surface area contributed by atoms with Crippen LogP contribution in [0.2, 0.25) is 0 Å². The Morgan fingerprint density at radius 3 is 2.53 bits per heavy atom. The number of aryl methyl sites for hydroxylation is 1. The van der Waals surface area contributed by atoms with Gasteiger partial charge in [0.15, 0.2) is 11.5 Å². The molecule has 8 atom stereocenters. The molecule has 0 fully saturated rings. The maximum atomic E-state index is 15.5. The van der Waals surface area contributed by atoms with Gasteiger partial charge in [-0.2, -0.15) is 0 Å². The highest BCUT2D eigenvalue weighted by Gasteiger charge is 2.51. The van der Waals surface area contributed by atoms with Gasteiger partial charge in [-0.15, -0.1) is 0 Å². The minimum Gasteiger partial charge on any atom is -0.508 e. The van der Waals surface area contributed by atoms with E-state index in [4.69, 9.17) is 14.2 Å². The van der Waals surface area contributed by atoms with E-state index < -0.39 is 35.6 Å². The van der Waals surface area contributed by atoms with Crippen LogP contribution in [-0.4, -0.2) is 73.8 Å². The Kier molecular flexibility index (Phi) is 15.7. The molecular weight excluding hydrogens is 1100 g/mol. The molecule has 4 aliphatic carbocycles. The summed E-state index contributed by atoms with van der Waals surface area (Å²) >= 11 is 0. The SMILES string of the molecule is COc1cc(C2CC(=O)CC(OC(C)=O)CCC34C5=CC=CC3CC=CC4c3c[nH]cc3C(C#CC5)C(c3cccc(O)c3)C3=CCNC(=C3)N(CCC(C)=O)c3ccc4c5c(n2cc35)CCC4O)cc(O)c1Oc1cc(O)cc(Cc2ccccc2)c1. The number of dihydropyridines is 1. The normalized spacial score (nSPS) is 23.8. The molecule has 4 heterocycles. The maximum absolute atomic E-state index is 15.5. The molecule has 2 aromatic heterocycles. The molecule has 448 valence electrons. The van der Waals surface area contributed by atoms with Crippen LogP contribution in [0, 0.1) is 23.2 Å². The van der Waals surface area contributed by atoms with E-state index in [0.29, 0.717) is 57.2 Å². The van der Waals surface area contributed by atoms with Crippen molar-refractivity contribution < 1.29 is 49.0 Å². The van der Waals surface area contributed by atoms with Gasteiger partial charge >= 0.3 is 5.97 Å². The standard InChI is InChI=1S/C74H72N4O10/c1-44(79)27-30-77-64-22-21-59-67(84)24-23-65-72(59)62(64)43-78(65)66(50-35-68(85)73(69(36-50)86-3)88-57-33-47(32-54(82)39-57)31-46-11-5-4-6-12-46)40-55(83)38-56(87-45(2)80)25-28-74-51-14-8-15-52(74)17-10-20-63(74)61-42-75-41-60(61)58(19-9-16-51)71(48-13-7-18-53(81)34-48)49-26-29-76-70(77)37-49/h4-8,10-15,18,20-22,26,32-37,39,41-43,52,56,58,63,66-67,71,75-76,81-82,84-85H,16-17,23-25,27-31,38,40H2,1-3H3. The third-order valence-corrected chi connectivity index (χ3v) is 19.0. The van der Waals surface area contributed by atoms with Gasteiger partial charge in [0.05, 0.1) is 30.9 Å². The number of nitrogens with one attached hydrogen (secondary N) is 2. The number of carbonyl (C=O) groups is 3. The molecule has 2 aliphatic heterocycles. The number of esters is 1. The molecule has 0 amide bonds. The first kappa shape index (κ1) is 57.6. The van der Waals surface area contributed by atoms with Crippen LogP contribution in [0.1, 0.15) is 140 Å². The fraction of sp³-hybridized carbons (Fsp3) is 0.311. The van der Waals surface area contributed by atoms with Gasteiger partial charge in [-0.3, -0.25) is 14.4 Å². The number of aromatic nitrogens is 2. The smallest absolute Gasteiger partial charge is 0.302 e. The molecule has 8 unspecified atom stereocenters. The highest BCUT2D eigenvalue weighted by molar-refractivity contribution is 6.00. The number of phenols is 3. The maximum Gasteiger partial charge on any atom is 0.302 e. The number of carbonyl (C=O) groups excluding carboxylic acids is 3. The van der Waals surface area contributed by atoms with Crippen LogP contribution in [-0.2, 0) is 32.0 Å². The Hall–Kier alpha value is -9.45. The number of hydrogen-bond donors (Lipinski definition) is 6. The summed E-state index contributed by atoms with van der Waals surface area (Å²) in [4.78, 5) is 47.7. The van der Waals surface area contributed by atoms with E-state index in [-0.39, 0.29) is 83.1 Å². The lowest BCUT2D eigenvalue weighted by molar-refractivity contribution is -0.148. The Labute approximate surface area is 512 Å². The van der Waals surface area contributed by atoms with E-state index in [9.17, 15) is 30.0 Å². The Balaban J connectivity index is 1.00. The van der Waals surface area contributed by atoms with Crippen molar-refractivity contribution in [1.29, 1.82) is 0 Å². The molecule has 5 aromatic carbocycles. The van der Waals surface area contributed by atoms with Crippen LogP contribution in [0.15, 0.2) is 175 Å². The number of hydrogen-bond acceptors (Lipinski definition) is 12. The molecule has 14 nitrogen and oxygen atoms in total. The van der Waals surface area contributed by atoms with Crippen molar-refractivity contribution in [3.63, 3.8) is 0 Å². The number of phenolic OH excluding ortho intramolecular Hbond substituents is 3. The van der Waals surface area contributed by atoms with Gasteiger partial charge in [0.2, 0.25) is 5.75 Å². The number of methoxy groups -OCH3 is 1. The Morgan fingerprint density at radius 1 is 0.864 bits per heavy atom. The van der Waals surface area contributed by atoms with Crippen LogP contribution in [0.25, 0.3) is 10.8 Å². The highest BCUT2D eigenvalue weighted by Crippen LogP contribution is 2.60. The quantitative estimate of drug-likeness (QED) is 0.0408. The molecule has 6 bridgehead atoms. The average molecular weight is 1180 g/mol. The fourth-order valence-corrected chi connectivity index (χ4v) is 15.1. The number of aromatic hydroxyl groups is 3. The summed E-state index contributed by atoms with van der Waals surface area (Å²) in [6.45, 7) is 3.70. The summed E-state index contributed by atoms with van der Waals surface area (Å²) in [5, 5.41) is 51.7. The summed E-state index contributed by atoms with van der Waals surface area (Å²) in [6, 6.07) is 28.8. The highest BCUT2D eigenvalue weighted by atomic mass is 16.5. The number of ether oxygens (including phenoxy) is 3. The molecule has 13 rings (SSSR count). The van der Waals surface area contributed by atoms with Gasteiger partial charge in [-0.05, 0) is 144 Å². The predicted molar refractivity (Wildman–Crippen MR) is 338 cm³/mol. The van der Waals surface area contributed by atoms with Crippen molar-refractivity contribution >= 4 is 34.0 Å². The topological polar surface area (TPSA) is 196 Å². The summed E-state index contributed by atoms with van der Waals surface area (Å²) in [5.41, 5.74) is 9.36. The zero-order valence-corrected chi connectivity index (χ0v) is 49.7. The van der Waals surface area contributed by atoms with Crippen LogP contribution in [0.5, 0.6) is 34.5 Å². The molecule has 0 radical (unpaired) electrons. The number of aliphatic hydroxyl groups excluding tert-OH is 1. The van der Waals surface area contributed by atoms with Crippen LogP contribution < -0.4 is 19.7 Å². The van der Waals surface area contributed by atoms with Gasteiger partial charge in [0, 0.05) is 104 Å². The predicted octanol–water partition coefficient (Wildman–Crippen LogP) is 13.4. The lowest BCUT2D eigenvalue weighted by atomic mass is 9.53. The number of fused-ring (bicyclic) bond motifs is 3. The van der Waals surface area contributed by atoms with Crippen molar-refractivity contribution in [3.05, 3.63) is 220 Å². The molecule has 6 N–H and O–H groups in total. The summed E-state index contributed by atoms with van der Waals surface area (Å²) in [7, 11) is 1.48. The molecule has 88 heavy (non-hydrogen) atoms. The first-order valence-electron chi connectivity index (χ1n) is 30.6. The third kappa shape index (κ3) is 11.0. The number of aromatic amines is 1. The number of aliphatic hydroxyl groups is 1. The average Bonchev–Trinajstić information content (AvgIpc) is 1.48. The number of benzene rings is 5. The second-order valence-electron chi connectivity index (χ2n) is 24.4. The first-order valence-corrected chi connectivity index (χ1v) is 30.6. The number of rotatable bonds is 11. The number of anilines is 1. The van der Waals surface area contributed by atoms with E-state index in [0.717, 1.165) is 73.3 Å². The monoisotopic (exact) mass is 1180 g/mol. The summed E-state index contributed by atoms with van der Waals surface area (Å²) in [6.07, 6.45) is 23.8. The number of ketones is 2. The molecule has 0 saturated carbocycles. The van der Waals surface area contributed by atoms with Gasteiger partial charge < -0.3 is 54.4 Å².